The Hall–Kier alpha value is -1.56. The molecule has 2 aromatic carbocycles. The van der Waals surface area contributed by atoms with Crippen LogP contribution in [0.5, 0.6) is 5.75 Å². The fourth-order valence-corrected chi connectivity index (χ4v) is 3.95. The molecule has 0 radical (unpaired) electrons. The Morgan fingerprint density at radius 3 is 2.13 bits per heavy atom. The lowest BCUT2D eigenvalue weighted by Gasteiger charge is -2.10. The van der Waals surface area contributed by atoms with Crippen molar-refractivity contribution in [2.45, 2.75) is 24.7 Å². The zero-order chi connectivity index (χ0) is 17.0. The van der Waals surface area contributed by atoms with Gasteiger partial charge in [-0.1, -0.05) is 41.4 Å². The molecule has 0 spiro atoms. The van der Waals surface area contributed by atoms with Crippen LogP contribution in [-0.2, 0) is 21.3 Å². The second-order valence-electron chi connectivity index (χ2n) is 4.93. The van der Waals surface area contributed by atoms with E-state index in [2.05, 4.69) is 0 Å². The number of carbonyl (C=O) groups is 1. The highest BCUT2D eigenvalue weighted by molar-refractivity contribution is 7.87. The molecule has 0 amide bonds. The Balaban J connectivity index is 2.19. The van der Waals surface area contributed by atoms with E-state index in [0.29, 0.717) is 12.8 Å². The number of carbonyl (C=O) groups excluding carboxylic acids is 1. The van der Waals surface area contributed by atoms with Crippen molar-refractivity contribution in [2.75, 3.05) is 0 Å². The summed E-state index contributed by atoms with van der Waals surface area (Å²) in [4.78, 5) is 10.7. The van der Waals surface area contributed by atoms with Gasteiger partial charge in [0.25, 0.3) is 0 Å². The van der Waals surface area contributed by atoms with Crippen molar-refractivity contribution in [1.82, 2.24) is 0 Å². The molecule has 0 N–H and O–H groups in total. The standard InChI is InChI=1S/C16H14Cl2O4S/c1-11(19)5-6-12-7-9-13(10-8-12)22-23(20,21)16-14(17)3-2-4-15(16)18/h2-4,7-10H,5-6H2,1H3. The van der Waals surface area contributed by atoms with E-state index in [1.54, 1.807) is 18.2 Å². The van der Waals surface area contributed by atoms with Crippen molar-refractivity contribution in [3.05, 3.63) is 58.1 Å². The van der Waals surface area contributed by atoms with Crippen molar-refractivity contribution >= 4 is 39.1 Å². The summed E-state index contributed by atoms with van der Waals surface area (Å²) in [6, 6.07) is 10.9. The van der Waals surface area contributed by atoms with Gasteiger partial charge in [-0.2, -0.15) is 8.42 Å². The zero-order valence-corrected chi connectivity index (χ0v) is 14.6. The summed E-state index contributed by atoms with van der Waals surface area (Å²) in [7, 11) is -4.13. The highest BCUT2D eigenvalue weighted by atomic mass is 35.5. The molecule has 0 bridgehead atoms. The molecular formula is C16H14Cl2O4S. The van der Waals surface area contributed by atoms with Crippen molar-refractivity contribution in [1.29, 1.82) is 0 Å². The number of hydrogen-bond donors (Lipinski definition) is 0. The maximum Gasteiger partial charge on any atom is 0.342 e. The van der Waals surface area contributed by atoms with Crippen LogP contribution in [-0.4, -0.2) is 14.2 Å². The maximum absolute atomic E-state index is 12.3. The van der Waals surface area contributed by atoms with Gasteiger partial charge in [0, 0.05) is 6.42 Å². The molecule has 0 heterocycles. The first-order valence-electron chi connectivity index (χ1n) is 6.76. The van der Waals surface area contributed by atoms with Gasteiger partial charge in [-0.05, 0) is 43.2 Å². The minimum atomic E-state index is -4.13. The average Bonchev–Trinajstić information content (AvgIpc) is 2.45. The van der Waals surface area contributed by atoms with E-state index in [1.807, 2.05) is 0 Å². The van der Waals surface area contributed by atoms with Crippen LogP contribution in [0.3, 0.4) is 0 Å². The molecule has 23 heavy (non-hydrogen) atoms. The van der Waals surface area contributed by atoms with Gasteiger partial charge in [0.05, 0.1) is 10.0 Å². The topological polar surface area (TPSA) is 60.4 Å². The molecular weight excluding hydrogens is 359 g/mol. The van der Waals surface area contributed by atoms with Crippen molar-refractivity contribution in [2.24, 2.45) is 0 Å². The van der Waals surface area contributed by atoms with Gasteiger partial charge in [-0.15, -0.1) is 0 Å². The Morgan fingerprint density at radius 1 is 1.04 bits per heavy atom. The summed E-state index contributed by atoms with van der Waals surface area (Å²) in [5, 5.41) is -0.00819. The highest BCUT2D eigenvalue weighted by Crippen LogP contribution is 2.31. The van der Waals surface area contributed by atoms with E-state index in [4.69, 9.17) is 27.4 Å². The second kappa shape index (κ2) is 7.34. The van der Waals surface area contributed by atoms with Crippen LogP contribution in [0.1, 0.15) is 18.9 Å². The number of benzene rings is 2. The smallest absolute Gasteiger partial charge is 0.342 e. The molecule has 0 unspecified atom stereocenters. The number of Topliss-reactive ketones (excluding diaryl/α,β-unsaturated/α-hetero) is 1. The Labute approximate surface area is 145 Å². The minimum Gasteiger partial charge on any atom is -0.379 e. The summed E-state index contributed by atoms with van der Waals surface area (Å²) >= 11 is 11.8. The normalized spacial score (nSPS) is 11.3. The predicted molar refractivity (Wildman–Crippen MR) is 89.7 cm³/mol. The van der Waals surface area contributed by atoms with E-state index >= 15 is 0 Å². The monoisotopic (exact) mass is 372 g/mol. The molecule has 0 fully saturated rings. The van der Waals surface area contributed by atoms with Crippen LogP contribution in [0.2, 0.25) is 10.0 Å². The Kier molecular flexibility index (Phi) is 5.68. The lowest BCUT2D eigenvalue weighted by molar-refractivity contribution is -0.116. The summed E-state index contributed by atoms with van der Waals surface area (Å²) in [5.74, 6) is 0.244. The fraction of sp³-hybridized carbons (Fsp3) is 0.188. The number of rotatable bonds is 6. The molecule has 0 aliphatic carbocycles. The van der Waals surface area contributed by atoms with Crippen LogP contribution < -0.4 is 4.18 Å². The summed E-state index contributed by atoms with van der Waals surface area (Å²) < 4.78 is 29.7. The maximum atomic E-state index is 12.3. The third kappa shape index (κ3) is 4.70. The van der Waals surface area contributed by atoms with Gasteiger partial charge in [0.1, 0.15) is 16.4 Å². The number of halogens is 2. The number of hydrogen-bond acceptors (Lipinski definition) is 4. The molecule has 2 aromatic rings. The van der Waals surface area contributed by atoms with Gasteiger partial charge in [-0.25, -0.2) is 0 Å². The van der Waals surface area contributed by atoms with Crippen LogP contribution in [0.25, 0.3) is 0 Å². The van der Waals surface area contributed by atoms with Gasteiger partial charge < -0.3 is 8.98 Å². The molecule has 0 aliphatic rings. The third-order valence-electron chi connectivity index (χ3n) is 3.06. The summed E-state index contributed by atoms with van der Waals surface area (Å²) in [6.07, 6.45) is 1.03. The van der Waals surface area contributed by atoms with Crippen molar-refractivity contribution in [3.8, 4) is 5.75 Å². The number of ketones is 1. The molecule has 7 heteroatoms. The van der Waals surface area contributed by atoms with Crippen molar-refractivity contribution < 1.29 is 17.4 Å². The Bertz CT molecular complexity index is 794. The molecule has 0 atom stereocenters. The van der Waals surface area contributed by atoms with E-state index in [0.717, 1.165) is 5.56 Å². The van der Waals surface area contributed by atoms with Crippen LogP contribution in [0, 0.1) is 0 Å². The minimum absolute atomic E-state index is 0.00409. The van der Waals surface area contributed by atoms with Crippen molar-refractivity contribution in [3.63, 3.8) is 0 Å². The highest BCUT2D eigenvalue weighted by Gasteiger charge is 2.23. The van der Waals surface area contributed by atoms with Gasteiger partial charge in [-0.3, -0.25) is 0 Å². The van der Waals surface area contributed by atoms with Gasteiger partial charge in [0.2, 0.25) is 0 Å². The molecule has 0 aromatic heterocycles. The first-order chi connectivity index (χ1) is 10.8. The first kappa shape index (κ1) is 17.8. The Morgan fingerprint density at radius 2 is 1.61 bits per heavy atom. The molecule has 122 valence electrons. The zero-order valence-electron chi connectivity index (χ0n) is 12.3. The lowest BCUT2D eigenvalue weighted by atomic mass is 10.1. The second-order valence-corrected chi connectivity index (χ2v) is 7.23. The SMILES string of the molecule is CC(=O)CCc1ccc(OS(=O)(=O)c2c(Cl)cccc2Cl)cc1. The average molecular weight is 373 g/mol. The van der Waals surface area contributed by atoms with E-state index in [-0.39, 0.29) is 26.5 Å². The third-order valence-corrected chi connectivity index (χ3v) is 5.27. The summed E-state index contributed by atoms with van der Waals surface area (Å²) in [5.41, 5.74) is 0.917. The molecule has 0 aliphatic heterocycles. The molecule has 2 rings (SSSR count). The van der Waals surface area contributed by atoms with Crippen LogP contribution in [0.4, 0.5) is 0 Å². The fourth-order valence-electron chi connectivity index (χ4n) is 1.92. The molecule has 0 saturated heterocycles. The number of aryl methyl sites for hydroxylation is 1. The van der Waals surface area contributed by atoms with E-state index in [1.165, 1.54) is 31.2 Å². The quantitative estimate of drug-likeness (QED) is 0.709. The van der Waals surface area contributed by atoms with E-state index in [9.17, 15) is 13.2 Å². The first-order valence-corrected chi connectivity index (χ1v) is 8.93. The molecule has 4 nitrogen and oxygen atoms in total. The largest absolute Gasteiger partial charge is 0.379 e. The van der Waals surface area contributed by atoms with E-state index < -0.39 is 10.1 Å². The van der Waals surface area contributed by atoms with Crippen LogP contribution >= 0.6 is 23.2 Å². The summed E-state index contributed by atoms with van der Waals surface area (Å²) in [6.45, 7) is 1.53. The van der Waals surface area contributed by atoms with Gasteiger partial charge >= 0.3 is 10.1 Å². The van der Waals surface area contributed by atoms with Gasteiger partial charge in [0.15, 0.2) is 0 Å². The van der Waals surface area contributed by atoms with Crippen LogP contribution in [0.15, 0.2) is 47.4 Å². The molecule has 0 saturated carbocycles. The lowest BCUT2D eigenvalue weighted by Crippen LogP contribution is -2.11. The predicted octanol–water partition coefficient (Wildman–Crippen LogP) is 4.28.